The van der Waals surface area contributed by atoms with Crippen molar-refractivity contribution in [3.05, 3.63) is 34.9 Å². The van der Waals surface area contributed by atoms with Gasteiger partial charge in [0.05, 0.1) is 17.2 Å². The molecule has 0 atom stereocenters. The topological polar surface area (TPSA) is 35.5 Å². The predicted octanol–water partition coefficient (Wildman–Crippen LogP) is 4.69. The van der Waals surface area contributed by atoms with Crippen molar-refractivity contribution in [3.63, 3.8) is 0 Å². The standard InChI is InChI=1S/C14H18ClO3P/c1-11(2)17-19(16,18-12(3)4)10-9-13-7-5-6-8-14(13)15/h5-8,11-12H,1-4H3. The van der Waals surface area contributed by atoms with Crippen molar-refractivity contribution >= 4 is 19.2 Å². The molecule has 0 saturated carbocycles. The van der Waals surface area contributed by atoms with Gasteiger partial charge < -0.3 is 0 Å². The van der Waals surface area contributed by atoms with E-state index in [-0.39, 0.29) is 12.2 Å². The first kappa shape index (κ1) is 16.3. The van der Waals surface area contributed by atoms with Crippen LogP contribution >= 0.6 is 19.2 Å². The SMILES string of the molecule is CC(C)OP(=O)(C#Cc1ccccc1Cl)OC(C)C. The minimum absolute atomic E-state index is 0.231. The lowest BCUT2D eigenvalue weighted by Crippen LogP contribution is -2.06. The van der Waals surface area contributed by atoms with Crippen molar-refractivity contribution in [3.8, 4) is 11.6 Å². The lowest BCUT2D eigenvalue weighted by molar-refractivity contribution is 0.151. The number of hydrogen-bond donors (Lipinski definition) is 0. The van der Waals surface area contributed by atoms with Crippen molar-refractivity contribution in [1.82, 2.24) is 0 Å². The Morgan fingerprint density at radius 2 is 1.63 bits per heavy atom. The number of benzene rings is 1. The van der Waals surface area contributed by atoms with Crippen LogP contribution < -0.4 is 0 Å². The van der Waals surface area contributed by atoms with E-state index in [9.17, 15) is 4.57 Å². The fourth-order valence-corrected chi connectivity index (χ4v) is 3.03. The summed E-state index contributed by atoms with van der Waals surface area (Å²) in [6.45, 7) is 7.14. The Labute approximate surface area is 119 Å². The van der Waals surface area contributed by atoms with Crippen LogP contribution in [-0.4, -0.2) is 12.2 Å². The van der Waals surface area contributed by atoms with Gasteiger partial charge in [0.25, 0.3) is 0 Å². The van der Waals surface area contributed by atoms with Gasteiger partial charge in [-0.3, -0.25) is 9.05 Å². The van der Waals surface area contributed by atoms with Crippen LogP contribution in [0.2, 0.25) is 5.02 Å². The maximum atomic E-state index is 12.5. The molecule has 0 aliphatic heterocycles. The molecule has 19 heavy (non-hydrogen) atoms. The zero-order valence-electron chi connectivity index (χ0n) is 11.5. The first-order chi connectivity index (χ1) is 8.82. The van der Waals surface area contributed by atoms with Crippen molar-refractivity contribution < 1.29 is 13.6 Å². The third kappa shape index (κ3) is 5.80. The average molecular weight is 301 g/mol. The lowest BCUT2D eigenvalue weighted by Gasteiger charge is -2.17. The van der Waals surface area contributed by atoms with Crippen LogP contribution in [0.3, 0.4) is 0 Å². The Bertz CT molecular complexity index is 515. The molecule has 0 unspecified atom stereocenters. The second-order valence-corrected chi connectivity index (χ2v) is 6.57. The highest BCUT2D eigenvalue weighted by Gasteiger charge is 2.25. The van der Waals surface area contributed by atoms with Gasteiger partial charge in [0.2, 0.25) is 0 Å². The van der Waals surface area contributed by atoms with Gasteiger partial charge in [-0.15, -0.1) is 0 Å². The lowest BCUT2D eigenvalue weighted by atomic mass is 10.2. The molecule has 1 aromatic rings. The van der Waals surface area contributed by atoms with Crippen LogP contribution in [0.5, 0.6) is 0 Å². The minimum atomic E-state index is -3.44. The molecular weight excluding hydrogens is 283 g/mol. The number of rotatable bonds is 4. The maximum Gasteiger partial charge on any atom is 0.406 e. The maximum absolute atomic E-state index is 12.5. The Morgan fingerprint density at radius 3 is 2.11 bits per heavy atom. The second kappa shape index (κ2) is 7.12. The van der Waals surface area contributed by atoms with Crippen molar-refractivity contribution in [2.24, 2.45) is 0 Å². The summed E-state index contributed by atoms with van der Waals surface area (Å²) >= 11 is 5.99. The van der Waals surface area contributed by atoms with E-state index in [4.69, 9.17) is 20.6 Å². The molecule has 0 amide bonds. The molecule has 0 aromatic heterocycles. The highest BCUT2D eigenvalue weighted by atomic mass is 35.5. The summed E-state index contributed by atoms with van der Waals surface area (Å²) in [6, 6.07) is 7.10. The van der Waals surface area contributed by atoms with Crippen LogP contribution in [0.25, 0.3) is 0 Å². The molecule has 104 valence electrons. The molecule has 0 bridgehead atoms. The second-order valence-electron chi connectivity index (χ2n) is 4.52. The van der Waals surface area contributed by atoms with Crippen molar-refractivity contribution in [2.75, 3.05) is 0 Å². The van der Waals surface area contributed by atoms with E-state index in [1.165, 1.54) is 0 Å². The van der Waals surface area contributed by atoms with E-state index in [0.29, 0.717) is 10.6 Å². The zero-order chi connectivity index (χ0) is 14.5. The van der Waals surface area contributed by atoms with Gasteiger partial charge >= 0.3 is 7.60 Å². The highest BCUT2D eigenvalue weighted by Crippen LogP contribution is 2.49. The summed E-state index contributed by atoms with van der Waals surface area (Å²) in [5.74, 6) is 2.77. The molecule has 0 fully saturated rings. The third-order valence-electron chi connectivity index (χ3n) is 1.90. The Kier molecular flexibility index (Phi) is 6.10. The smallest absolute Gasteiger partial charge is 0.297 e. The quantitative estimate of drug-likeness (QED) is 0.597. The number of hydrogen-bond acceptors (Lipinski definition) is 3. The molecule has 3 nitrogen and oxygen atoms in total. The summed E-state index contributed by atoms with van der Waals surface area (Å²) in [6.07, 6.45) is -0.463. The minimum Gasteiger partial charge on any atom is -0.297 e. The number of halogens is 1. The van der Waals surface area contributed by atoms with Crippen molar-refractivity contribution in [2.45, 2.75) is 39.9 Å². The largest absolute Gasteiger partial charge is 0.406 e. The summed E-state index contributed by atoms with van der Waals surface area (Å²) in [5, 5.41) is 0.510. The van der Waals surface area contributed by atoms with Crippen LogP contribution in [0, 0.1) is 11.6 Å². The molecule has 0 spiro atoms. The van der Waals surface area contributed by atoms with E-state index < -0.39 is 7.60 Å². The molecule has 0 saturated heterocycles. The van der Waals surface area contributed by atoms with E-state index in [0.717, 1.165) is 0 Å². The van der Waals surface area contributed by atoms with Crippen molar-refractivity contribution in [1.29, 1.82) is 0 Å². The van der Waals surface area contributed by atoms with Crippen LogP contribution in [0.4, 0.5) is 0 Å². The Balaban J connectivity index is 3.02. The summed E-state index contributed by atoms with van der Waals surface area (Å²) < 4.78 is 23.1. The van der Waals surface area contributed by atoms with E-state index in [2.05, 4.69) is 11.6 Å². The van der Waals surface area contributed by atoms with Gasteiger partial charge in [-0.25, -0.2) is 4.57 Å². The zero-order valence-corrected chi connectivity index (χ0v) is 13.2. The molecule has 0 aliphatic carbocycles. The molecule has 0 radical (unpaired) electrons. The molecule has 1 rings (SSSR count). The average Bonchev–Trinajstić information content (AvgIpc) is 2.25. The summed E-state index contributed by atoms with van der Waals surface area (Å²) in [4.78, 5) is 0. The molecule has 0 aliphatic rings. The Hall–Kier alpha value is -0.780. The summed E-state index contributed by atoms with van der Waals surface area (Å²) in [5.41, 5.74) is 3.19. The van der Waals surface area contributed by atoms with Gasteiger partial charge in [0.1, 0.15) is 0 Å². The van der Waals surface area contributed by atoms with E-state index >= 15 is 0 Å². The molecule has 0 heterocycles. The van der Waals surface area contributed by atoms with Gasteiger partial charge in [-0.05, 0) is 39.8 Å². The highest BCUT2D eigenvalue weighted by molar-refractivity contribution is 7.59. The first-order valence-electron chi connectivity index (χ1n) is 6.07. The fourth-order valence-electron chi connectivity index (χ4n) is 1.32. The summed E-state index contributed by atoms with van der Waals surface area (Å²) in [7, 11) is -3.44. The molecule has 0 N–H and O–H groups in total. The first-order valence-corrected chi connectivity index (χ1v) is 7.99. The molecule has 1 aromatic carbocycles. The molecule has 5 heteroatoms. The van der Waals surface area contributed by atoms with E-state index in [1.807, 2.05) is 12.1 Å². The van der Waals surface area contributed by atoms with Gasteiger partial charge in [-0.2, -0.15) is 0 Å². The van der Waals surface area contributed by atoms with Gasteiger partial charge in [0.15, 0.2) is 0 Å². The van der Waals surface area contributed by atoms with Crippen LogP contribution in [0.1, 0.15) is 33.3 Å². The third-order valence-corrected chi connectivity index (χ3v) is 4.01. The van der Waals surface area contributed by atoms with Crippen LogP contribution in [-0.2, 0) is 13.6 Å². The van der Waals surface area contributed by atoms with Gasteiger partial charge in [0, 0.05) is 11.2 Å². The fraction of sp³-hybridized carbons (Fsp3) is 0.429. The molecular formula is C14H18ClO3P. The predicted molar refractivity (Wildman–Crippen MR) is 78.4 cm³/mol. The van der Waals surface area contributed by atoms with Gasteiger partial charge in [-0.1, -0.05) is 29.7 Å². The van der Waals surface area contributed by atoms with Crippen LogP contribution in [0.15, 0.2) is 24.3 Å². The monoisotopic (exact) mass is 300 g/mol. The Morgan fingerprint density at radius 1 is 1.11 bits per heavy atom. The normalized spacial score (nSPS) is 11.5. The van der Waals surface area contributed by atoms with E-state index in [1.54, 1.807) is 39.8 Å².